The van der Waals surface area contributed by atoms with Crippen molar-refractivity contribution in [1.82, 2.24) is 0 Å². The van der Waals surface area contributed by atoms with Gasteiger partial charge in [-0.25, -0.2) is 0 Å². The van der Waals surface area contributed by atoms with E-state index in [1.165, 1.54) is 12.1 Å². The maximum Gasteiger partial charge on any atom is 0.167 e. The van der Waals surface area contributed by atoms with Crippen molar-refractivity contribution in [3.63, 3.8) is 0 Å². The van der Waals surface area contributed by atoms with Crippen molar-refractivity contribution in [2.45, 2.75) is 12.5 Å². The lowest BCUT2D eigenvalue weighted by Crippen LogP contribution is -2.04. The molecule has 0 saturated heterocycles. The fourth-order valence-corrected chi connectivity index (χ4v) is 3.28. The molecule has 0 aromatic heterocycles. The van der Waals surface area contributed by atoms with E-state index in [0.717, 1.165) is 27.8 Å². The van der Waals surface area contributed by atoms with Gasteiger partial charge in [0.25, 0.3) is 0 Å². The average molecular weight is 316 g/mol. The summed E-state index contributed by atoms with van der Waals surface area (Å²) in [5.74, 6) is 0.130. The van der Waals surface area contributed by atoms with E-state index in [9.17, 15) is 15.0 Å². The molecule has 1 aliphatic carbocycles. The van der Waals surface area contributed by atoms with Crippen LogP contribution in [-0.4, -0.2) is 16.0 Å². The van der Waals surface area contributed by atoms with E-state index < -0.39 is 6.10 Å². The third-order valence-electron chi connectivity index (χ3n) is 4.51. The number of aliphatic hydroxyl groups is 1. The quantitative estimate of drug-likeness (QED) is 0.721. The summed E-state index contributed by atoms with van der Waals surface area (Å²) < 4.78 is 0. The summed E-state index contributed by atoms with van der Waals surface area (Å²) in [5.41, 5.74) is 5.29. The number of fused-ring (bicyclic) bond motifs is 3. The smallest absolute Gasteiger partial charge is 0.167 e. The normalized spacial score (nSPS) is 15.0. The number of ketones is 1. The Bertz CT molecular complexity index is 926. The number of aliphatic hydroxyl groups excluding tert-OH is 1. The van der Waals surface area contributed by atoms with Crippen LogP contribution in [0.2, 0.25) is 0 Å². The number of hydrogen-bond donors (Lipinski definition) is 2. The Morgan fingerprint density at radius 3 is 2.38 bits per heavy atom. The van der Waals surface area contributed by atoms with E-state index in [4.69, 9.17) is 0 Å². The van der Waals surface area contributed by atoms with E-state index in [-0.39, 0.29) is 18.0 Å². The fraction of sp³-hybridized carbons (Fsp3) is 0.0952. The van der Waals surface area contributed by atoms with Gasteiger partial charge in [-0.3, -0.25) is 4.79 Å². The first-order valence-electron chi connectivity index (χ1n) is 7.86. The van der Waals surface area contributed by atoms with Crippen molar-refractivity contribution in [3.05, 3.63) is 89.0 Å². The molecule has 0 bridgehead atoms. The average Bonchev–Trinajstić information content (AvgIpc) is 2.88. The van der Waals surface area contributed by atoms with E-state index >= 15 is 0 Å². The monoisotopic (exact) mass is 316 g/mol. The van der Waals surface area contributed by atoms with Gasteiger partial charge >= 0.3 is 0 Å². The molecule has 1 unspecified atom stereocenters. The summed E-state index contributed by atoms with van der Waals surface area (Å²) in [6.07, 6.45) is -0.374. The first-order chi connectivity index (χ1) is 11.6. The lowest BCUT2D eigenvalue weighted by atomic mass is 9.98. The number of phenols is 1. The molecule has 118 valence electrons. The zero-order valence-electron chi connectivity index (χ0n) is 12.9. The molecule has 3 heteroatoms. The minimum absolute atomic E-state index is 0.0139. The van der Waals surface area contributed by atoms with Gasteiger partial charge in [0.05, 0.1) is 0 Å². The van der Waals surface area contributed by atoms with Crippen LogP contribution in [0.15, 0.2) is 66.7 Å². The van der Waals surface area contributed by atoms with Gasteiger partial charge in [0, 0.05) is 12.0 Å². The van der Waals surface area contributed by atoms with Crippen molar-refractivity contribution in [1.29, 1.82) is 0 Å². The van der Waals surface area contributed by atoms with Crippen LogP contribution in [0.25, 0.3) is 11.1 Å². The van der Waals surface area contributed by atoms with Gasteiger partial charge in [-0.1, -0.05) is 42.5 Å². The number of phenolic OH excluding ortho intramolecular Hbond substituents is 1. The Labute approximate surface area is 139 Å². The van der Waals surface area contributed by atoms with Crippen LogP contribution in [0.3, 0.4) is 0 Å². The highest BCUT2D eigenvalue weighted by Gasteiger charge is 2.26. The summed E-state index contributed by atoms with van der Waals surface area (Å²) in [4.78, 5) is 12.4. The number of carbonyl (C=O) groups is 1. The van der Waals surface area contributed by atoms with Gasteiger partial charge in [0.1, 0.15) is 11.9 Å². The predicted octanol–water partition coefficient (Wildman–Crippen LogP) is 3.88. The summed E-state index contributed by atoms with van der Waals surface area (Å²) in [7, 11) is 0. The zero-order chi connectivity index (χ0) is 16.7. The number of benzene rings is 3. The van der Waals surface area contributed by atoms with Crippen LogP contribution in [0.1, 0.15) is 33.2 Å². The Morgan fingerprint density at radius 1 is 0.875 bits per heavy atom. The van der Waals surface area contributed by atoms with Gasteiger partial charge in [0.2, 0.25) is 0 Å². The van der Waals surface area contributed by atoms with E-state index in [1.807, 2.05) is 42.5 Å². The Hall–Kier alpha value is -2.91. The molecule has 1 atom stereocenters. The van der Waals surface area contributed by atoms with Gasteiger partial charge in [-0.15, -0.1) is 0 Å². The van der Waals surface area contributed by atoms with E-state index in [0.29, 0.717) is 5.56 Å². The highest BCUT2D eigenvalue weighted by Crippen LogP contribution is 2.43. The van der Waals surface area contributed by atoms with Crippen LogP contribution < -0.4 is 0 Å². The number of rotatable bonds is 3. The topological polar surface area (TPSA) is 57.5 Å². The van der Waals surface area contributed by atoms with Crippen molar-refractivity contribution >= 4 is 5.78 Å². The maximum atomic E-state index is 12.4. The van der Waals surface area contributed by atoms with Crippen molar-refractivity contribution in [2.24, 2.45) is 0 Å². The second kappa shape index (κ2) is 5.62. The van der Waals surface area contributed by atoms with Crippen molar-refractivity contribution in [2.75, 3.05) is 0 Å². The maximum absolute atomic E-state index is 12.4. The molecule has 24 heavy (non-hydrogen) atoms. The number of carbonyl (C=O) groups excluding carboxylic acids is 1. The van der Waals surface area contributed by atoms with E-state index in [1.54, 1.807) is 12.1 Å². The minimum Gasteiger partial charge on any atom is -0.508 e. The second-order valence-electron chi connectivity index (χ2n) is 6.06. The molecule has 2 N–H and O–H groups in total. The second-order valence-corrected chi connectivity index (χ2v) is 6.06. The summed E-state index contributed by atoms with van der Waals surface area (Å²) in [6, 6.07) is 19.9. The van der Waals surface area contributed by atoms with Gasteiger partial charge < -0.3 is 10.2 Å². The highest BCUT2D eigenvalue weighted by molar-refractivity contribution is 5.97. The van der Waals surface area contributed by atoms with Crippen LogP contribution in [0, 0.1) is 0 Å². The molecule has 3 nitrogen and oxygen atoms in total. The van der Waals surface area contributed by atoms with E-state index in [2.05, 4.69) is 0 Å². The van der Waals surface area contributed by atoms with Gasteiger partial charge in [-0.2, -0.15) is 0 Å². The molecule has 0 aliphatic heterocycles. The molecular formula is C21H16O3. The molecule has 0 amide bonds. The third kappa shape index (κ3) is 2.39. The Morgan fingerprint density at radius 2 is 1.58 bits per heavy atom. The van der Waals surface area contributed by atoms with Crippen molar-refractivity contribution in [3.8, 4) is 16.9 Å². The zero-order valence-corrected chi connectivity index (χ0v) is 12.9. The molecule has 0 heterocycles. The lowest BCUT2D eigenvalue weighted by molar-refractivity contribution is 0.0993. The molecule has 4 rings (SSSR count). The third-order valence-corrected chi connectivity index (χ3v) is 4.51. The molecule has 0 spiro atoms. The first-order valence-corrected chi connectivity index (χ1v) is 7.86. The van der Waals surface area contributed by atoms with Gasteiger partial charge in [0.15, 0.2) is 5.78 Å². The predicted molar refractivity (Wildman–Crippen MR) is 92.1 cm³/mol. The van der Waals surface area contributed by atoms with Crippen LogP contribution in [0.5, 0.6) is 5.75 Å². The molecular weight excluding hydrogens is 300 g/mol. The van der Waals surface area contributed by atoms with Crippen LogP contribution in [-0.2, 0) is 6.42 Å². The summed E-state index contributed by atoms with van der Waals surface area (Å²) in [5, 5.41) is 19.8. The number of hydrogen-bond acceptors (Lipinski definition) is 3. The Kier molecular flexibility index (Phi) is 3.44. The highest BCUT2D eigenvalue weighted by atomic mass is 16.3. The molecule has 3 aromatic rings. The molecule has 3 aromatic carbocycles. The number of Topliss-reactive ketones (excluding diaryl/α,β-unsaturated/α-hetero) is 1. The summed E-state index contributed by atoms with van der Waals surface area (Å²) in [6.45, 7) is 0. The summed E-state index contributed by atoms with van der Waals surface area (Å²) >= 11 is 0. The molecule has 0 radical (unpaired) electrons. The SMILES string of the molecule is O=C(Cc1ccc2c(c1)C(O)c1ccccc1-2)c1ccc(O)cc1. The standard InChI is InChI=1S/C21H16O3/c22-15-8-6-14(7-9-15)20(23)12-13-5-10-17-16-3-1-2-4-18(16)21(24)19(17)11-13/h1-11,21-22,24H,12H2. The molecule has 1 aliphatic rings. The van der Waals surface area contributed by atoms with Crippen LogP contribution in [0.4, 0.5) is 0 Å². The molecule has 0 saturated carbocycles. The minimum atomic E-state index is -0.639. The van der Waals surface area contributed by atoms with Gasteiger partial charge in [-0.05, 0) is 52.1 Å². The fourth-order valence-electron chi connectivity index (χ4n) is 3.28. The molecule has 0 fully saturated rings. The van der Waals surface area contributed by atoms with Crippen molar-refractivity contribution < 1.29 is 15.0 Å². The first kappa shape index (κ1) is 14.7. The largest absolute Gasteiger partial charge is 0.508 e. The Balaban J connectivity index is 1.63. The number of aromatic hydroxyl groups is 1. The lowest BCUT2D eigenvalue weighted by Gasteiger charge is -2.08. The van der Waals surface area contributed by atoms with Crippen LogP contribution >= 0.6 is 0 Å².